The van der Waals surface area contributed by atoms with Gasteiger partial charge < -0.3 is 19.5 Å². The standard InChI is InChI=1S/C21H23NO5/c1-26-18-9-7-14(11-19(18)27-2)8-10-20(23)22-12-15-5-3-4-6-16(15)17(13-22)21(24)25/h3-7,9,11,17H,8,10,12-13H2,1-2H3,(H,24,25). The molecular formula is C21H23NO5. The molecule has 0 aromatic heterocycles. The second-order valence-corrected chi connectivity index (χ2v) is 6.55. The van der Waals surface area contributed by atoms with Gasteiger partial charge in [-0.2, -0.15) is 0 Å². The van der Waals surface area contributed by atoms with Crippen LogP contribution < -0.4 is 9.47 Å². The van der Waals surface area contributed by atoms with Gasteiger partial charge in [0.25, 0.3) is 0 Å². The van der Waals surface area contributed by atoms with E-state index in [1.54, 1.807) is 19.1 Å². The van der Waals surface area contributed by atoms with Gasteiger partial charge in [0.2, 0.25) is 5.91 Å². The zero-order valence-electron chi connectivity index (χ0n) is 15.5. The number of carboxylic acids is 1. The van der Waals surface area contributed by atoms with Gasteiger partial charge >= 0.3 is 5.97 Å². The highest BCUT2D eigenvalue weighted by molar-refractivity contribution is 5.81. The summed E-state index contributed by atoms with van der Waals surface area (Å²) in [5, 5.41) is 9.54. The fourth-order valence-corrected chi connectivity index (χ4v) is 3.45. The molecule has 6 nitrogen and oxygen atoms in total. The fourth-order valence-electron chi connectivity index (χ4n) is 3.45. The number of ether oxygens (including phenoxy) is 2. The van der Waals surface area contributed by atoms with Crippen LogP contribution in [-0.2, 0) is 22.6 Å². The molecule has 0 radical (unpaired) electrons. The van der Waals surface area contributed by atoms with Crippen LogP contribution in [0.2, 0.25) is 0 Å². The first-order valence-electron chi connectivity index (χ1n) is 8.82. The molecule has 0 saturated heterocycles. The van der Waals surface area contributed by atoms with Crippen LogP contribution in [0.15, 0.2) is 42.5 Å². The van der Waals surface area contributed by atoms with Gasteiger partial charge in [0.05, 0.1) is 20.1 Å². The molecule has 2 aromatic carbocycles. The number of aryl methyl sites for hydroxylation is 1. The van der Waals surface area contributed by atoms with Gasteiger partial charge in [-0.25, -0.2) is 0 Å². The maximum absolute atomic E-state index is 12.7. The number of nitrogens with zero attached hydrogens (tertiary/aromatic N) is 1. The summed E-state index contributed by atoms with van der Waals surface area (Å²) in [6, 6.07) is 13.0. The van der Waals surface area contributed by atoms with Crippen molar-refractivity contribution in [2.24, 2.45) is 0 Å². The Balaban J connectivity index is 1.69. The summed E-state index contributed by atoms with van der Waals surface area (Å²) in [4.78, 5) is 26.0. The first-order chi connectivity index (χ1) is 13.0. The van der Waals surface area contributed by atoms with Crippen molar-refractivity contribution in [3.63, 3.8) is 0 Å². The summed E-state index contributed by atoms with van der Waals surface area (Å²) in [6.07, 6.45) is 0.860. The van der Waals surface area contributed by atoms with Crippen molar-refractivity contribution in [1.82, 2.24) is 4.90 Å². The van der Waals surface area contributed by atoms with Crippen molar-refractivity contribution in [1.29, 1.82) is 0 Å². The van der Waals surface area contributed by atoms with Crippen LogP contribution in [0.3, 0.4) is 0 Å². The lowest BCUT2D eigenvalue weighted by molar-refractivity contribution is -0.141. The van der Waals surface area contributed by atoms with E-state index >= 15 is 0 Å². The minimum atomic E-state index is -0.903. The molecule has 1 N–H and O–H groups in total. The van der Waals surface area contributed by atoms with Gasteiger partial charge in [-0.1, -0.05) is 30.3 Å². The highest BCUT2D eigenvalue weighted by Crippen LogP contribution is 2.30. The topological polar surface area (TPSA) is 76.1 Å². The van der Waals surface area contributed by atoms with Crippen molar-refractivity contribution < 1.29 is 24.2 Å². The molecule has 1 unspecified atom stereocenters. The Morgan fingerprint density at radius 2 is 1.85 bits per heavy atom. The molecule has 0 spiro atoms. The Bertz CT molecular complexity index is 848. The number of rotatable bonds is 6. The molecule has 1 amide bonds. The molecule has 142 valence electrons. The number of methoxy groups -OCH3 is 2. The van der Waals surface area contributed by atoms with Crippen LogP contribution in [0.1, 0.15) is 29.0 Å². The summed E-state index contributed by atoms with van der Waals surface area (Å²) in [7, 11) is 3.15. The molecule has 0 bridgehead atoms. The molecule has 1 aliphatic heterocycles. The van der Waals surface area contributed by atoms with E-state index in [2.05, 4.69) is 0 Å². The lowest BCUT2D eigenvalue weighted by atomic mass is 9.89. The Morgan fingerprint density at radius 1 is 1.11 bits per heavy atom. The van der Waals surface area contributed by atoms with Gasteiger partial charge in [0.1, 0.15) is 0 Å². The Hall–Kier alpha value is -3.02. The minimum absolute atomic E-state index is 0.0504. The average Bonchev–Trinajstić information content (AvgIpc) is 2.70. The lowest BCUT2D eigenvalue weighted by Crippen LogP contribution is -2.40. The SMILES string of the molecule is COc1ccc(CCC(=O)N2Cc3ccccc3C(C(=O)O)C2)cc1OC. The second kappa shape index (κ2) is 8.12. The third-order valence-corrected chi connectivity index (χ3v) is 4.92. The summed E-state index contributed by atoms with van der Waals surface area (Å²) in [5.41, 5.74) is 2.66. The van der Waals surface area contributed by atoms with E-state index in [9.17, 15) is 14.7 Å². The van der Waals surface area contributed by atoms with E-state index in [0.717, 1.165) is 16.7 Å². The van der Waals surface area contributed by atoms with Crippen LogP contribution in [-0.4, -0.2) is 42.6 Å². The van der Waals surface area contributed by atoms with Crippen molar-refractivity contribution in [2.45, 2.75) is 25.3 Å². The van der Waals surface area contributed by atoms with Gasteiger partial charge in [0, 0.05) is 19.5 Å². The Labute approximate surface area is 158 Å². The highest BCUT2D eigenvalue weighted by atomic mass is 16.5. The third-order valence-electron chi connectivity index (χ3n) is 4.92. The number of carboxylic acid groups (broad SMARTS) is 1. The summed E-state index contributed by atoms with van der Waals surface area (Å²) < 4.78 is 10.5. The second-order valence-electron chi connectivity index (χ2n) is 6.55. The number of aliphatic carboxylic acids is 1. The minimum Gasteiger partial charge on any atom is -0.493 e. The molecule has 1 atom stereocenters. The molecule has 0 aliphatic carbocycles. The van der Waals surface area contributed by atoms with E-state index in [1.165, 1.54) is 0 Å². The zero-order valence-corrected chi connectivity index (χ0v) is 15.5. The number of fused-ring (bicyclic) bond motifs is 1. The molecule has 2 aromatic rings. The van der Waals surface area contributed by atoms with Crippen LogP contribution in [0.25, 0.3) is 0 Å². The van der Waals surface area contributed by atoms with E-state index in [4.69, 9.17) is 9.47 Å². The van der Waals surface area contributed by atoms with E-state index in [1.807, 2.05) is 42.5 Å². The maximum Gasteiger partial charge on any atom is 0.312 e. The number of benzene rings is 2. The highest BCUT2D eigenvalue weighted by Gasteiger charge is 2.32. The molecule has 0 saturated carbocycles. The largest absolute Gasteiger partial charge is 0.493 e. The smallest absolute Gasteiger partial charge is 0.312 e. The number of carbonyl (C=O) groups excluding carboxylic acids is 1. The summed E-state index contributed by atoms with van der Waals surface area (Å²) >= 11 is 0. The number of hydrogen-bond acceptors (Lipinski definition) is 4. The average molecular weight is 369 g/mol. The first kappa shape index (κ1) is 18.8. The monoisotopic (exact) mass is 369 g/mol. The van der Waals surface area contributed by atoms with E-state index in [0.29, 0.717) is 30.9 Å². The maximum atomic E-state index is 12.7. The van der Waals surface area contributed by atoms with Gasteiger partial charge in [-0.3, -0.25) is 9.59 Å². The van der Waals surface area contributed by atoms with Crippen LogP contribution >= 0.6 is 0 Å². The van der Waals surface area contributed by atoms with Crippen LogP contribution in [0.5, 0.6) is 11.5 Å². The fraction of sp³-hybridized carbons (Fsp3) is 0.333. The number of amides is 1. The van der Waals surface area contributed by atoms with Gasteiger partial charge in [0.15, 0.2) is 11.5 Å². The summed E-state index contributed by atoms with van der Waals surface area (Å²) in [6.45, 7) is 0.655. The third kappa shape index (κ3) is 4.05. The van der Waals surface area contributed by atoms with Crippen molar-refractivity contribution in [3.8, 4) is 11.5 Å². The number of carbonyl (C=O) groups is 2. The van der Waals surface area contributed by atoms with Gasteiger partial charge in [-0.15, -0.1) is 0 Å². The van der Waals surface area contributed by atoms with E-state index < -0.39 is 11.9 Å². The Kier molecular flexibility index (Phi) is 5.64. The predicted molar refractivity (Wildman–Crippen MR) is 100 cm³/mol. The molecular weight excluding hydrogens is 346 g/mol. The quantitative estimate of drug-likeness (QED) is 0.847. The predicted octanol–water partition coefficient (Wildman–Crippen LogP) is 2.85. The molecule has 27 heavy (non-hydrogen) atoms. The first-order valence-corrected chi connectivity index (χ1v) is 8.82. The number of hydrogen-bond donors (Lipinski definition) is 1. The molecule has 3 rings (SSSR count). The molecule has 6 heteroatoms. The van der Waals surface area contributed by atoms with Gasteiger partial charge in [-0.05, 0) is 35.2 Å². The lowest BCUT2D eigenvalue weighted by Gasteiger charge is -2.33. The Morgan fingerprint density at radius 3 is 2.56 bits per heavy atom. The van der Waals surface area contributed by atoms with Crippen LogP contribution in [0, 0.1) is 0 Å². The van der Waals surface area contributed by atoms with Crippen molar-refractivity contribution >= 4 is 11.9 Å². The van der Waals surface area contributed by atoms with Crippen molar-refractivity contribution in [3.05, 3.63) is 59.2 Å². The molecule has 0 fully saturated rings. The zero-order chi connectivity index (χ0) is 19.4. The molecule has 1 aliphatic rings. The van der Waals surface area contributed by atoms with Crippen LogP contribution in [0.4, 0.5) is 0 Å². The summed E-state index contributed by atoms with van der Waals surface area (Å²) in [5.74, 6) is -0.366. The normalized spacial score (nSPS) is 15.8. The molecule has 1 heterocycles. The van der Waals surface area contributed by atoms with Crippen molar-refractivity contribution in [2.75, 3.05) is 20.8 Å². The van der Waals surface area contributed by atoms with E-state index in [-0.39, 0.29) is 12.5 Å².